The molecule has 3 aromatic rings. The van der Waals surface area contributed by atoms with E-state index in [0.29, 0.717) is 37.8 Å². The third-order valence-corrected chi connectivity index (χ3v) is 6.32. The standard InChI is InChI=1S/C26H27ClN3O3/c1-19(31)28-12-14-30(15-13-28)25(32)9-7-20-4-3-5-23(27)26(20)22-6-8-24-21(18-22)10-11-29(24)16-17-33-2/h3-4,6-11,18H,12-17H2,1-2H3/b9-7+. The van der Waals surface area contributed by atoms with Crippen molar-refractivity contribution in [3.8, 4) is 11.1 Å². The molecular formula is C26H27ClN3O3. The highest BCUT2D eigenvalue weighted by Gasteiger charge is 2.21. The van der Waals surface area contributed by atoms with E-state index in [9.17, 15) is 9.59 Å². The first-order valence-corrected chi connectivity index (χ1v) is 11.4. The summed E-state index contributed by atoms with van der Waals surface area (Å²) < 4.78 is 7.36. The number of rotatable bonds is 6. The molecule has 7 heteroatoms. The van der Waals surface area contributed by atoms with E-state index in [2.05, 4.69) is 35.0 Å². The van der Waals surface area contributed by atoms with Crippen LogP contribution in [-0.2, 0) is 20.9 Å². The van der Waals surface area contributed by atoms with Gasteiger partial charge in [0, 0.05) is 81.6 Å². The summed E-state index contributed by atoms with van der Waals surface area (Å²) in [6.45, 7) is 5.20. The van der Waals surface area contributed by atoms with Crippen LogP contribution in [0.2, 0.25) is 5.02 Å². The fourth-order valence-corrected chi connectivity index (χ4v) is 4.45. The summed E-state index contributed by atoms with van der Waals surface area (Å²) in [4.78, 5) is 27.8. The Kier molecular flexibility index (Phi) is 7.16. The van der Waals surface area contributed by atoms with Crippen LogP contribution in [0.5, 0.6) is 0 Å². The van der Waals surface area contributed by atoms with Crippen molar-refractivity contribution in [1.82, 2.24) is 14.4 Å². The van der Waals surface area contributed by atoms with Crippen LogP contribution in [-0.4, -0.2) is 66.1 Å². The quantitative estimate of drug-likeness (QED) is 0.516. The topological polar surface area (TPSA) is 54.8 Å². The fourth-order valence-electron chi connectivity index (χ4n) is 4.17. The molecule has 1 aliphatic rings. The van der Waals surface area contributed by atoms with Crippen LogP contribution in [0.1, 0.15) is 12.5 Å². The van der Waals surface area contributed by atoms with Gasteiger partial charge in [-0.15, -0.1) is 0 Å². The number of halogens is 1. The molecule has 1 fully saturated rings. The van der Waals surface area contributed by atoms with Crippen LogP contribution in [0.3, 0.4) is 0 Å². The van der Waals surface area contributed by atoms with Crippen molar-refractivity contribution in [2.75, 3.05) is 39.9 Å². The van der Waals surface area contributed by atoms with Crippen LogP contribution >= 0.6 is 11.6 Å². The first kappa shape index (κ1) is 23.1. The number of amides is 2. The number of methoxy groups -OCH3 is 1. The van der Waals surface area contributed by atoms with E-state index in [1.54, 1.807) is 36.0 Å². The van der Waals surface area contributed by atoms with Gasteiger partial charge in [-0.1, -0.05) is 29.8 Å². The predicted molar refractivity (Wildman–Crippen MR) is 131 cm³/mol. The average Bonchev–Trinajstić information content (AvgIpc) is 3.23. The second-order valence-corrected chi connectivity index (χ2v) is 8.44. The molecule has 2 aromatic carbocycles. The highest BCUT2D eigenvalue weighted by atomic mass is 35.5. The van der Waals surface area contributed by atoms with E-state index < -0.39 is 0 Å². The molecule has 2 heterocycles. The van der Waals surface area contributed by atoms with E-state index >= 15 is 0 Å². The molecule has 4 rings (SSSR count). The van der Waals surface area contributed by atoms with Crippen molar-refractivity contribution in [1.29, 1.82) is 0 Å². The zero-order valence-electron chi connectivity index (χ0n) is 18.9. The zero-order valence-corrected chi connectivity index (χ0v) is 19.6. The molecular weight excluding hydrogens is 438 g/mol. The lowest BCUT2D eigenvalue weighted by Crippen LogP contribution is -2.49. The highest BCUT2D eigenvalue weighted by Crippen LogP contribution is 2.34. The van der Waals surface area contributed by atoms with Crippen LogP contribution in [0.25, 0.3) is 28.1 Å². The molecule has 0 bridgehead atoms. The van der Waals surface area contributed by atoms with Crippen LogP contribution in [0.4, 0.5) is 0 Å². The van der Waals surface area contributed by atoms with Gasteiger partial charge in [0.25, 0.3) is 0 Å². The van der Waals surface area contributed by atoms with Gasteiger partial charge in [-0.05, 0) is 35.4 Å². The molecule has 0 spiro atoms. The third-order valence-electron chi connectivity index (χ3n) is 6.02. The molecule has 1 radical (unpaired) electrons. The van der Waals surface area contributed by atoms with Crippen molar-refractivity contribution in [3.05, 3.63) is 65.3 Å². The summed E-state index contributed by atoms with van der Waals surface area (Å²) >= 11 is 6.55. The number of aromatic nitrogens is 1. The van der Waals surface area contributed by atoms with E-state index in [4.69, 9.17) is 16.3 Å². The first-order chi connectivity index (χ1) is 16.0. The van der Waals surface area contributed by atoms with E-state index in [-0.39, 0.29) is 11.8 Å². The number of carbonyl (C=O) groups is 2. The summed E-state index contributed by atoms with van der Waals surface area (Å²) in [5.74, 6) is -0.0257. The van der Waals surface area contributed by atoms with Crippen LogP contribution < -0.4 is 0 Å². The normalized spacial score (nSPS) is 14.4. The van der Waals surface area contributed by atoms with E-state index in [1.807, 2.05) is 18.2 Å². The minimum Gasteiger partial charge on any atom is -0.383 e. The van der Waals surface area contributed by atoms with Crippen molar-refractivity contribution in [3.63, 3.8) is 0 Å². The number of hydrogen-bond donors (Lipinski definition) is 0. The number of carbonyl (C=O) groups excluding carboxylic acids is 2. The van der Waals surface area contributed by atoms with Crippen LogP contribution in [0.15, 0.2) is 48.7 Å². The number of benzene rings is 2. The molecule has 1 aromatic heterocycles. The molecule has 0 N–H and O–H groups in total. The molecule has 1 saturated heterocycles. The molecule has 1 aliphatic heterocycles. The largest absolute Gasteiger partial charge is 0.383 e. The minimum absolute atomic E-state index is 0.0449. The lowest BCUT2D eigenvalue weighted by Gasteiger charge is -2.33. The van der Waals surface area contributed by atoms with Gasteiger partial charge in [-0.25, -0.2) is 0 Å². The molecule has 0 atom stereocenters. The van der Waals surface area contributed by atoms with E-state index in [0.717, 1.165) is 34.1 Å². The van der Waals surface area contributed by atoms with Crippen molar-refractivity contribution in [2.45, 2.75) is 13.5 Å². The van der Waals surface area contributed by atoms with Crippen LogP contribution in [0, 0.1) is 6.07 Å². The number of piperazine rings is 1. The Balaban J connectivity index is 1.56. The number of fused-ring (bicyclic) bond motifs is 1. The van der Waals surface area contributed by atoms with Crippen molar-refractivity contribution < 1.29 is 14.3 Å². The lowest BCUT2D eigenvalue weighted by atomic mass is 9.98. The maximum absolute atomic E-state index is 12.7. The third kappa shape index (κ3) is 5.13. The van der Waals surface area contributed by atoms with Gasteiger partial charge < -0.3 is 19.1 Å². The Morgan fingerprint density at radius 2 is 1.88 bits per heavy atom. The Hall–Kier alpha value is -3.09. The zero-order chi connectivity index (χ0) is 23.4. The molecule has 2 amide bonds. The molecule has 0 unspecified atom stereocenters. The summed E-state index contributed by atoms with van der Waals surface area (Å²) in [5, 5.41) is 1.62. The maximum Gasteiger partial charge on any atom is 0.246 e. The number of hydrogen-bond acceptors (Lipinski definition) is 3. The molecule has 171 valence electrons. The summed E-state index contributed by atoms with van der Waals surface area (Å²) in [6, 6.07) is 15.0. The highest BCUT2D eigenvalue weighted by molar-refractivity contribution is 6.33. The average molecular weight is 465 g/mol. The second kappa shape index (κ2) is 10.2. The monoisotopic (exact) mass is 464 g/mol. The van der Waals surface area contributed by atoms with Crippen molar-refractivity contribution >= 4 is 40.4 Å². The lowest BCUT2D eigenvalue weighted by molar-refractivity contribution is -0.135. The molecule has 33 heavy (non-hydrogen) atoms. The van der Waals surface area contributed by atoms with Gasteiger partial charge in [0.1, 0.15) is 0 Å². The Labute approximate surface area is 199 Å². The van der Waals surface area contributed by atoms with Gasteiger partial charge in [0.15, 0.2) is 0 Å². The Morgan fingerprint density at radius 1 is 1.12 bits per heavy atom. The van der Waals surface area contributed by atoms with E-state index in [1.165, 1.54) is 0 Å². The Morgan fingerprint density at radius 3 is 2.61 bits per heavy atom. The van der Waals surface area contributed by atoms with Gasteiger partial charge in [0.05, 0.1) is 11.6 Å². The Bertz CT molecular complexity index is 1190. The maximum atomic E-state index is 12.7. The van der Waals surface area contributed by atoms with Gasteiger partial charge in [-0.3, -0.25) is 9.59 Å². The number of ether oxygens (including phenoxy) is 1. The smallest absolute Gasteiger partial charge is 0.246 e. The van der Waals surface area contributed by atoms with Gasteiger partial charge >= 0.3 is 0 Å². The summed E-state index contributed by atoms with van der Waals surface area (Å²) in [6.07, 6.45) is 5.44. The van der Waals surface area contributed by atoms with Gasteiger partial charge in [-0.2, -0.15) is 0 Å². The second-order valence-electron chi connectivity index (χ2n) is 8.06. The van der Waals surface area contributed by atoms with Gasteiger partial charge in [0.2, 0.25) is 11.8 Å². The predicted octanol–water partition coefficient (Wildman–Crippen LogP) is 4.11. The fraction of sp³-hybridized carbons (Fsp3) is 0.308. The minimum atomic E-state index is -0.0706. The number of nitrogens with zero attached hydrogens (tertiary/aromatic N) is 3. The molecule has 0 saturated carbocycles. The summed E-state index contributed by atoms with van der Waals surface area (Å²) in [5.41, 5.74) is 3.80. The first-order valence-electron chi connectivity index (χ1n) is 11.0. The van der Waals surface area contributed by atoms with Crippen molar-refractivity contribution in [2.24, 2.45) is 0 Å². The molecule has 6 nitrogen and oxygen atoms in total. The SMILES string of the molecule is COCCn1ccc2cc(-c3c(Cl)[c]ccc3/C=C/C(=O)N3CCN(C(C)=O)CC3)ccc21. The summed E-state index contributed by atoms with van der Waals surface area (Å²) in [7, 11) is 1.70. The molecule has 0 aliphatic carbocycles.